The standard InChI is InChI=1S/C19H26O3/c20-17-14-10-4-5-11-15(14)18(21)19(22)16(17)12-6-9-13-7-2-1-3-8-13/h13,20H,1-12H2. The quantitative estimate of drug-likeness (QED) is 0.611. The lowest BCUT2D eigenvalue weighted by atomic mass is 9.79. The molecule has 120 valence electrons. The summed E-state index contributed by atoms with van der Waals surface area (Å²) in [5.41, 5.74) is 1.75. The average molecular weight is 302 g/mol. The van der Waals surface area contributed by atoms with Crippen molar-refractivity contribution in [2.75, 3.05) is 0 Å². The van der Waals surface area contributed by atoms with Crippen LogP contribution in [0.25, 0.3) is 0 Å². The van der Waals surface area contributed by atoms with Gasteiger partial charge in [-0.1, -0.05) is 38.5 Å². The number of ketones is 2. The summed E-state index contributed by atoms with van der Waals surface area (Å²) in [7, 11) is 0. The van der Waals surface area contributed by atoms with Gasteiger partial charge < -0.3 is 5.11 Å². The summed E-state index contributed by atoms with van der Waals surface area (Å²) in [5, 5.41) is 10.4. The lowest BCUT2D eigenvalue weighted by Gasteiger charge is -2.25. The van der Waals surface area contributed by atoms with Gasteiger partial charge in [-0.15, -0.1) is 0 Å². The summed E-state index contributed by atoms with van der Waals surface area (Å²) in [6.07, 6.45) is 12.5. The SMILES string of the molecule is O=C1C(=O)C2=C(CCCC2)C(O)=C1CCCC1CCCCC1. The molecule has 0 aromatic rings. The zero-order valence-electron chi connectivity index (χ0n) is 13.3. The van der Waals surface area contributed by atoms with Crippen LogP contribution in [0.15, 0.2) is 22.5 Å². The number of allylic oxidation sites excluding steroid dienone is 3. The van der Waals surface area contributed by atoms with E-state index in [-0.39, 0.29) is 11.5 Å². The Morgan fingerprint density at radius 2 is 1.55 bits per heavy atom. The van der Waals surface area contributed by atoms with Crippen LogP contribution >= 0.6 is 0 Å². The zero-order valence-corrected chi connectivity index (χ0v) is 13.3. The minimum atomic E-state index is -0.443. The van der Waals surface area contributed by atoms with Crippen LogP contribution in [0.5, 0.6) is 0 Å². The van der Waals surface area contributed by atoms with Crippen LogP contribution < -0.4 is 0 Å². The maximum atomic E-state index is 12.3. The van der Waals surface area contributed by atoms with Gasteiger partial charge in [-0.25, -0.2) is 0 Å². The molecule has 0 bridgehead atoms. The van der Waals surface area contributed by atoms with Gasteiger partial charge in [-0.05, 0) is 44.4 Å². The second-order valence-electron chi connectivity index (χ2n) is 7.05. The minimum Gasteiger partial charge on any atom is -0.507 e. The summed E-state index contributed by atoms with van der Waals surface area (Å²) < 4.78 is 0. The zero-order chi connectivity index (χ0) is 15.5. The number of aliphatic hydroxyl groups is 1. The largest absolute Gasteiger partial charge is 0.507 e. The molecule has 0 spiro atoms. The van der Waals surface area contributed by atoms with Gasteiger partial charge in [-0.3, -0.25) is 9.59 Å². The van der Waals surface area contributed by atoms with E-state index in [0.717, 1.165) is 43.6 Å². The lowest BCUT2D eigenvalue weighted by Crippen LogP contribution is -2.28. The van der Waals surface area contributed by atoms with E-state index < -0.39 is 5.78 Å². The summed E-state index contributed by atoms with van der Waals surface area (Å²) in [4.78, 5) is 24.5. The maximum Gasteiger partial charge on any atom is 0.232 e. The van der Waals surface area contributed by atoms with Gasteiger partial charge in [0.05, 0.1) is 0 Å². The minimum absolute atomic E-state index is 0.142. The van der Waals surface area contributed by atoms with Gasteiger partial charge in [0.25, 0.3) is 0 Å². The van der Waals surface area contributed by atoms with Crippen molar-refractivity contribution in [3.8, 4) is 0 Å². The molecule has 3 rings (SSSR count). The fraction of sp³-hybridized carbons (Fsp3) is 0.684. The van der Waals surface area contributed by atoms with Gasteiger partial charge in [0.2, 0.25) is 11.6 Å². The van der Waals surface area contributed by atoms with E-state index >= 15 is 0 Å². The molecule has 3 aliphatic carbocycles. The molecule has 3 heteroatoms. The van der Waals surface area contributed by atoms with Crippen LogP contribution in [0, 0.1) is 5.92 Å². The molecule has 3 nitrogen and oxygen atoms in total. The van der Waals surface area contributed by atoms with Crippen LogP contribution in [0.1, 0.15) is 77.0 Å². The first-order valence-corrected chi connectivity index (χ1v) is 8.92. The molecule has 0 unspecified atom stereocenters. The Hall–Kier alpha value is -1.38. The van der Waals surface area contributed by atoms with Crippen LogP contribution in [0.2, 0.25) is 0 Å². The molecule has 0 aromatic carbocycles. The van der Waals surface area contributed by atoms with Crippen molar-refractivity contribution in [3.63, 3.8) is 0 Å². The van der Waals surface area contributed by atoms with Crippen LogP contribution in [0.3, 0.4) is 0 Å². The first kappa shape index (κ1) is 15.5. The Kier molecular flexibility index (Phi) is 4.80. The third-order valence-corrected chi connectivity index (χ3v) is 5.56. The van der Waals surface area contributed by atoms with Gasteiger partial charge in [-0.2, -0.15) is 0 Å². The molecule has 3 aliphatic rings. The van der Waals surface area contributed by atoms with Gasteiger partial charge in [0, 0.05) is 16.7 Å². The summed E-state index contributed by atoms with van der Waals surface area (Å²) in [5.74, 6) is 0.125. The Balaban J connectivity index is 1.67. The highest BCUT2D eigenvalue weighted by Gasteiger charge is 2.35. The Morgan fingerprint density at radius 1 is 0.864 bits per heavy atom. The van der Waals surface area contributed by atoms with E-state index in [1.54, 1.807) is 0 Å². The normalized spacial score (nSPS) is 24.0. The topological polar surface area (TPSA) is 54.4 Å². The third kappa shape index (κ3) is 3.04. The van der Waals surface area contributed by atoms with Crippen molar-refractivity contribution in [1.29, 1.82) is 0 Å². The lowest BCUT2D eigenvalue weighted by molar-refractivity contribution is -0.132. The van der Waals surface area contributed by atoms with Crippen molar-refractivity contribution < 1.29 is 14.7 Å². The molecule has 0 atom stereocenters. The molecular weight excluding hydrogens is 276 g/mol. The molecule has 22 heavy (non-hydrogen) atoms. The van der Waals surface area contributed by atoms with E-state index in [2.05, 4.69) is 0 Å². The molecule has 1 saturated carbocycles. The predicted octanol–water partition coefficient (Wildman–Crippen LogP) is 4.57. The maximum absolute atomic E-state index is 12.3. The second kappa shape index (κ2) is 6.80. The van der Waals surface area contributed by atoms with Crippen molar-refractivity contribution in [3.05, 3.63) is 22.5 Å². The molecular formula is C19H26O3. The molecule has 1 fully saturated rings. The van der Waals surface area contributed by atoms with E-state index in [1.165, 1.54) is 32.1 Å². The third-order valence-electron chi connectivity index (χ3n) is 5.56. The first-order chi connectivity index (χ1) is 10.7. The predicted molar refractivity (Wildman–Crippen MR) is 85.6 cm³/mol. The number of carbonyl (C=O) groups is 2. The van der Waals surface area contributed by atoms with E-state index in [9.17, 15) is 14.7 Å². The number of Topliss-reactive ketones (excluding diaryl/α,β-unsaturated/α-hetero) is 2. The van der Waals surface area contributed by atoms with Crippen molar-refractivity contribution in [2.45, 2.75) is 77.0 Å². The second-order valence-corrected chi connectivity index (χ2v) is 7.05. The van der Waals surface area contributed by atoms with Crippen LogP contribution in [-0.4, -0.2) is 16.7 Å². The highest BCUT2D eigenvalue weighted by molar-refractivity contribution is 6.50. The monoisotopic (exact) mass is 302 g/mol. The Morgan fingerprint density at radius 3 is 2.27 bits per heavy atom. The van der Waals surface area contributed by atoms with Gasteiger partial charge in [0.15, 0.2) is 0 Å². The Bertz CT molecular complexity index is 533. The van der Waals surface area contributed by atoms with Crippen LogP contribution in [-0.2, 0) is 9.59 Å². The molecule has 0 amide bonds. The fourth-order valence-electron chi connectivity index (χ4n) is 4.26. The van der Waals surface area contributed by atoms with E-state index in [1.807, 2.05) is 0 Å². The number of hydrogen-bond donors (Lipinski definition) is 1. The van der Waals surface area contributed by atoms with Crippen LogP contribution in [0.4, 0.5) is 0 Å². The number of hydrogen-bond acceptors (Lipinski definition) is 3. The van der Waals surface area contributed by atoms with Gasteiger partial charge >= 0.3 is 0 Å². The smallest absolute Gasteiger partial charge is 0.232 e. The highest BCUT2D eigenvalue weighted by atomic mass is 16.3. The first-order valence-electron chi connectivity index (χ1n) is 8.92. The van der Waals surface area contributed by atoms with Gasteiger partial charge in [0.1, 0.15) is 5.76 Å². The molecule has 0 radical (unpaired) electrons. The molecule has 0 heterocycles. The summed E-state index contributed by atoms with van der Waals surface area (Å²) in [6, 6.07) is 0. The number of carbonyl (C=O) groups excluding carboxylic acids is 2. The molecule has 0 saturated heterocycles. The molecule has 0 aliphatic heterocycles. The van der Waals surface area contributed by atoms with Crippen molar-refractivity contribution in [2.24, 2.45) is 5.92 Å². The highest BCUT2D eigenvalue weighted by Crippen LogP contribution is 2.37. The molecule has 1 N–H and O–H groups in total. The van der Waals surface area contributed by atoms with Crippen molar-refractivity contribution >= 4 is 11.6 Å². The molecule has 0 aromatic heterocycles. The summed E-state index contributed by atoms with van der Waals surface area (Å²) in [6.45, 7) is 0. The average Bonchev–Trinajstić information content (AvgIpc) is 2.57. The van der Waals surface area contributed by atoms with E-state index in [4.69, 9.17) is 0 Å². The Labute approximate surface area is 132 Å². The summed E-state index contributed by atoms with van der Waals surface area (Å²) >= 11 is 0. The van der Waals surface area contributed by atoms with Crippen molar-refractivity contribution in [1.82, 2.24) is 0 Å². The van der Waals surface area contributed by atoms with E-state index in [0.29, 0.717) is 24.0 Å². The fourth-order valence-corrected chi connectivity index (χ4v) is 4.26. The number of aliphatic hydroxyl groups excluding tert-OH is 1. The number of rotatable bonds is 4.